The van der Waals surface area contributed by atoms with Crippen LogP contribution in [0.3, 0.4) is 0 Å². The van der Waals surface area contributed by atoms with Crippen LogP contribution in [0, 0.1) is 0 Å². The molecular formula is C20H26N3O3+. The lowest BCUT2D eigenvalue weighted by Crippen LogP contribution is -3.15. The zero-order valence-corrected chi connectivity index (χ0v) is 15.3. The molecule has 26 heavy (non-hydrogen) atoms. The van der Waals surface area contributed by atoms with Crippen LogP contribution in [0.25, 0.3) is 0 Å². The van der Waals surface area contributed by atoms with Gasteiger partial charge in [0.1, 0.15) is 0 Å². The van der Waals surface area contributed by atoms with Crippen molar-refractivity contribution in [3.8, 4) is 0 Å². The predicted molar refractivity (Wildman–Crippen MR) is 99.3 cm³/mol. The number of piperazine rings is 1. The maximum Gasteiger partial charge on any atom is 0.289 e. The first-order chi connectivity index (χ1) is 12.5. The van der Waals surface area contributed by atoms with Gasteiger partial charge in [-0.15, -0.1) is 0 Å². The Labute approximate surface area is 153 Å². The Hall–Kier alpha value is -2.60. The molecule has 3 rings (SSSR count). The molecule has 138 valence electrons. The van der Waals surface area contributed by atoms with Gasteiger partial charge in [0.2, 0.25) is 0 Å². The van der Waals surface area contributed by atoms with Crippen LogP contribution in [0.2, 0.25) is 0 Å². The molecular weight excluding hydrogens is 330 g/mol. The van der Waals surface area contributed by atoms with E-state index in [0.29, 0.717) is 31.3 Å². The smallest absolute Gasteiger partial charge is 0.289 e. The summed E-state index contributed by atoms with van der Waals surface area (Å²) in [5, 5.41) is 2.96. The molecule has 2 amide bonds. The minimum atomic E-state index is -0.0799. The molecule has 1 fully saturated rings. The summed E-state index contributed by atoms with van der Waals surface area (Å²) in [6.45, 7) is 7.48. The Morgan fingerprint density at radius 2 is 1.85 bits per heavy atom. The molecule has 2 N–H and O–H groups in total. The topological polar surface area (TPSA) is 67.0 Å². The van der Waals surface area contributed by atoms with Gasteiger partial charge in [-0.3, -0.25) is 9.59 Å². The fourth-order valence-corrected chi connectivity index (χ4v) is 3.14. The highest BCUT2D eigenvalue weighted by Crippen LogP contribution is 2.16. The molecule has 0 saturated carbocycles. The van der Waals surface area contributed by atoms with Gasteiger partial charge in [-0.05, 0) is 35.7 Å². The standard InChI is InChI=1S/C20H25N3O3/c1-15(2)16-5-7-17(8-6-16)21-19(24)14-22-9-11-23(12-10-22)20(25)18-4-3-13-26-18/h3-8,13,15H,9-12,14H2,1-2H3,(H,21,24)/p+1. The number of hydrogen-bond acceptors (Lipinski definition) is 3. The number of hydrogen-bond donors (Lipinski definition) is 2. The van der Waals surface area contributed by atoms with E-state index in [2.05, 4.69) is 19.2 Å². The molecule has 0 unspecified atom stereocenters. The second-order valence-electron chi connectivity index (χ2n) is 7.02. The van der Waals surface area contributed by atoms with Crippen molar-refractivity contribution in [3.63, 3.8) is 0 Å². The summed E-state index contributed by atoms with van der Waals surface area (Å²) in [6, 6.07) is 11.4. The van der Waals surface area contributed by atoms with E-state index >= 15 is 0 Å². The zero-order chi connectivity index (χ0) is 18.5. The van der Waals surface area contributed by atoms with Gasteiger partial charge in [-0.1, -0.05) is 26.0 Å². The second-order valence-corrected chi connectivity index (χ2v) is 7.02. The van der Waals surface area contributed by atoms with E-state index in [9.17, 15) is 9.59 Å². The SMILES string of the molecule is CC(C)c1ccc(NC(=O)C[NH+]2CCN(C(=O)c3ccco3)CC2)cc1. The molecule has 1 aliphatic rings. The van der Waals surface area contributed by atoms with Crippen LogP contribution in [0.15, 0.2) is 47.1 Å². The maximum atomic E-state index is 12.3. The highest BCUT2D eigenvalue weighted by Gasteiger charge is 2.27. The lowest BCUT2D eigenvalue weighted by molar-refractivity contribution is -0.895. The second kappa shape index (κ2) is 8.19. The molecule has 6 heteroatoms. The Kier molecular flexibility index (Phi) is 5.73. The number of rotatable bonds is 5. The van der Waals surface area contributed by atoms with Gasteiger partial charge in [0.15, 0.2) is 12.3 Å². The van der Waals surface area contributed by atoms with Gasteiger partial charge in [-0.2, -0.15) is 0 Å². The van der Waals surface area contributed by atoms with Gasteiger partial charge >= 0.3 is 0 Å². The molecule has 1 aromatic heterocycles. The van der Waals surface area contributed by atoms with E-state index < -0.39 is 0 Å². The molecule has 0 bridgehead atoms. The Morgan fingerprint density at radius 1 is 1.15 bits per heavy atom. The number of anilines is 1. The molecule has 1 aliphatic heterocycles. The third-order valence-electron chi connectivity index (χ3n) is 4.76. The van der Waals surface area contributed by atoms with E-state index in [0.717, 1.165) is 18.8 Å². The summed E-state index contributed by atoms with van der Waals surface area (Å²) in [4.78, 5) is 27.5. The van der Waals surface area contributed by atoms with Crippen LogP contribution in [-0.4, -0.2) is 49.4 Å². The van der Waals surface area contributed by atoms with Crippen molar-refractivity contribution in [1.82, 2.24) is 4.90 Å². The van der Waals surface area contributed by atoms with Gasteiger partial charge in [0, 0.05) is 5.69 Å². The molecule has 1 saturated heterocycles. The third-order valence-corrected chi connectivity index (χ3v) is 4.76. The van der Waals surface area contributed by atoms with Crippen molar-refractivity contribution >= 4 is 17.5 Å². The Morgan fingerprint density at radius 3 is 2.42 bits per heavy atom. The molecule has 0 aliphatic carbocycles. The normalized spacial score (nSPS) is 15.3. The van der Waals surface area contributed by atoms with E-state index in [1.807, 2.05) is 24.3 Å². The number of carbonyl (C=O) groups is 2. The van der Waals surface area contributed by atoms with Crippen LogP contribution >= 0.6 is 0 Å². The fraction of sp³-hybridized carbons (Fsp3) is 0.400. The minimum absolute atomic E-state index is 0.00288. The number of furan rings is 1. The van der Waals surface area contributed by atoms with Crippen LogP contribution < -0.4 is 10.2 Å². The first-order valence-electron chi connectivity index (χ1n) is 9.09. The van der Waals surface area contributed by atoms with Crippen molar-refractivity contribution in [3.05, 3.63) is 54.0 Å². The lowest BCUT2D eigenvalue weighted by Gasteiger charge is -2.31. The average molecular weight is 356 g/mol. The monoisotopic (exact) mass is 356 g/mol. The summed E-state index contributed by atoms with van der Waals surface area (Å²) >= 11 is 0. The predicted octanol–water partition coefficient (Wildman–Crippen LogP) is 1.38. The number of quaternary nitrogens is 1. The van der Waals surface area contributed by atoms with E-state index in [4.69, 9.17) is 4.42 Å². The van der Waals surface area contributed by atoms with Crippen LogP contribution in [0.5, 0.6) is 0 Å². The van der Waals surface area contributed by atoms with E-state index in [1.54, 1.807) is 17.0 Å². The van der Waals surface area contributed by atoms with Crippen LogP contribution in [0.4, 0.5) is 5.69 Å². The number of nitrogens with zero attached hydrogens (tertiary/aromatic N) is 1. The average Bonchev–Trinajstić information content (AvgIpc) is 3.17. The first-order valence-corrected chi connectivity index (χ1v) is 9.09. The summed E-state index contributed by atoms with van der Waals surface area (Å²) < 4.78 is 5.17. The maximum absolute atomic E-state index is 12.3. The zero-order valence-electron chi connectivity index (χ0n) is 15.3. The van der Waals surface area contributed by atoms with Crippen molar-refractivity contribution in [2.45, 2.75) is 19.8 Å². The summed E-state index contributed by atoms with van der Waals surface area (Å²) in [7, 11) is 0. The number of amides is 2. The largest absolute Gasteiger partial charge is 0.459 e. The Bertz CT molecular complexity index is 730. The van der Waals surface area contributed by atoms with Crippen LogP contribution in [-0.2, 0) is 4.79 Å². The van der Waals surface area contributed by atoms with E-state index in [1.165, 1.54) is 16.7 Å². The van der Waals surface area contributed by atoms with E-state index in [-0.39, 0.29) is 11.8 Å². The van der Waals surface area contributed by atoms with Crippen molar-refractivity contribution in [1.29, 1.82) is 0 Å². The van der Waals surface area contributed by atoms with Crippen LogP contribution in [0.1, 0.15) is 35.9 Å². The van der Waals surface area contributed by atoms with Crippen molar-refractivity contribution in [2.24, 2.45) is 0 Å². The lowest BCUT2D eigenvalue weighted by atomic mass is 10.0. The first kappa shape index (κ1) is 18.2. The number of carbonyl (C=O) groups excluding carboxylic acids is 2. The molecule has 0 spiro atoms. The minimum Gasteiger partial charge on any atom is -0.459 e. The molecule has 0 atom stereocenters. The molecule has 1 aromatic carbocycles. The van der Waals surface area contributed by atoms with Gasteiger partial charge in [0.05, 0.1) is 32.4 Å². The number of nitrogens with one attached hydrogen (secondary N) is 2. The van der Waals surface area contributed by atoms with Gasteiger partial charge in [0.25, 0.3) is 11.8 Å². The molecule has 6 nitrogen and oxygen atoms in total. The quantitative estimate of drug-likeness (QED) is 0.851. The van der Waals surface area contributed by atoms with Gasteiger partial charge < -0.3 is 19.5 Å². The molecule has 0 radical (unpaired) electrons. The third kappa shape index (κ3) is 4.52. The highest BCUT2D eigenvalue weighted by atomic mass is 16.3. The number of benzene rings is 1. The summed E-state index contributed by atoms with van der Waals surface area (Å²) in [5.74, 6) is 0.771. The van der Waals surface area contributed by atoms with Gasteiger partial charge in [-0.25, -0.2) is 0 Å². The summed E-state index contributed by atoms with van der Waals surface area (Å²) in [5.41, 5.74) is 2.08. The fourth-order valence-electron chi connectivity index (χ4n) is 3.14. The summed E-state index contributed by atoms with van der Waals surface area (Å²) in [6.07, 6.45) is 1.51. The van der Waals surface area contributed by atoms with Crippen molar-refractivity contribution < 1.29 is 18.9 Å². The molecule has 2 heterocycles. The van der Waals surface area contributed by atoms with Crippen molar-refractivity contribution in [2.75, 3.05) is 38.0 Å². The molecule has 2 aromatic rings. The highest BCUT2D eigenvalue weighted by molar-refractivity contribution is 5.92. The Balaban J connectivity index is 1.45.